The van der Waals surface area contributed by atoms with Crippen LogP contribution in [0.4, 0.5) is 20.6 Å². The van der Waals surface area contributed by atoms with Crippen LogP contribution in [0, 0.1) is 12.7 Å². The highest BCUT2D eigenvalue weighted by Crippen LogP contribution is 2.38. The van der Waals surface area contributed by atoms with Gasteiger partial charge in [-0.15, -0.1) is 0 Å². The van der Waals surface area contributed by atoms with Crippen molar-refractivity contribution in [2.24, 2.45) is 0 Å². The van der Waals surface area contributed by atoms with Gasteiger partial charge in [-0.05, 0) is 55.8 Å². The van der Waals surface area contributed by atoms with E-state index in [1.54, 1.807) is 32.0 Å². The largest absolute Gasteiger partial charge is 0.465 e. The molecular weight excluding hydrogens is 413 g/mol. The van der Waals surface area contributed by atoms with Gasteiger partial charge in [-0.1, -0.05) is 17.3 Å². The Hall–Kier alpha value is -3.40. The zero-order valence-corrected chi connectivity index (χ0v) is 17.3. The fourth-order valence-electron chi connectivity index (χ4n) is 3.11. The number of carbonyl (C=O) groups is 1. The molecule has 3 aromatic rings. The summed E-state index contributed by atoms with van der Waals surface area (Å²) in [6, 6.07) is 11.2. The predicted octanol–water partition coefficient (Wildman–Crippen LogP) is 4.41. The minimum atomic E-state index is -3.43. The molecule has 1 amide bonds. The summed E-state index contributed by atoms with van der Waals surface area (Å²) in [5, 5.41) is 13.8. The van der Waals surface area contributed by atoms with Gasteiger partial charge in [0.25, 0.3) is 0 Å². The molecule has 0 saturated carbocycles. The second-order valence-electron chi connectivity index (χ2n) is 6.78. The summed E-state index contributed by atoms with van der Waals surface area (Å²) in [5.74, 6) is -0.273. The molecule has 1 atom stereocenters. The lowest BCUT2D eigenvalue weighted by Gasteiger charge is -2.26. The maximum Gasteiger partial charge on any atom is 0.412 e. The summed E-state index contributed by atoms with van der Waals surface area (Å²) in [4.78, 5) is 13.2. The normalized spacial score (nSPS) is 12.4. The second-order valence-corrected chi connectivity index (χ2v) is 8.53. The third-order valence-electron chi connectivity index (χ3n) is 4.45. The SMILES string of the molecule is Cc1noc(-c2ccc(NS(C)(=O)=O)cc2)c1N(C(=O)O)C(C)c1cccc(F)c1. The van der Waals surface area contributed by atoms with Crippen molar-refractivity contribution in [3.8, 4) is 11.3 Å². The van der Waals surface area contributed by atoms with Gasteiger partial charge in [-0.3, -0.25) is 9.62 Å². The zero-order valence-electron chi connectivity index (χ0n) is 16.5. The maximum atomic E-state index is 13.7. The van der Waals surface area contributed by atoms with Gasteiger partial charge in [0, 0.05) is 11.3 Å². The van der Waals surface area contributed by atoms with Crippen LogP contribution in [0.2, 0.25) is 0 Å². The first-order valence-electron chi connectivity index (χ1n) is 8.89. The molecule has 2 aromatic carbocycles. The number of carboxylic acid groups (broad SMARTS) is 1. The number of anilines is 2. The number of amides is 1. The molecule has 0 spiro atoms. The quantitative estimate of drug-likeness (QED) is 0.596. The minimum Gasteiger partial charge on any atom is -0.465 e. The van der Waals surface area contributed by atoms with Crippen LogP contribution < -0.4 is 9.62 Å². The van der Waals surface area contributed by atoms with Crippen LogP contribution in [-0.4, -0.2) is 31.0 Å². The minimum absolute atomic E-state index is 0.198. The Kier molecular flexibility index (Phi) is 5.79. The number of aryl methyl sites for hydroxylation is 1. The van der Waals surface area contributed by atoms with Gasteiger partial charge in [0.2, 0.25) is 10.0 Å². The average molecular weight is 433 g/mol. The number of hydrogen-bond donors (Lipinski definition) is 2. The van der Waals surface area contributed by atoms with E-state index in [-0.39, 0.29) is 11.4 Å². The van der Waals surface area contributed by atoms with E-state index in [2.05, 4.69) is 9.88 Å². The van der Waals surface area contributed by atoms with Gasteiger partial charge in [0.15, 0.2) is 5.76 Å². The molecule has 0 aliphatic heterocycles. The second kappa shape index (κ2) is 8.15. The van der Waals surface area contributed by atoms with Crippen LogP contribution in [0.1, 0.15) is 24.2 Å². The highest BCUT2D eigenvalue weighted by Gasteiger charge is 2.30. The van der Waals surface area contributed by atoms with Crippen LogP contribution in [-0.2, 0) is 10.0 Å². The van der Waals surface area contributed by atoms with Crippen molar-refractivity contribution in [1.29, 1.82) is 0 Å². The molecule has 0 fully saturated rings. The van der Waals surface area contributed by atoms with E-state index in [0.717, 1.165) is 11.2 Å². The van der Waals surface area contributed by atoms with Gasteiger partial charge in [-0.25, -0.2) is 17.6 Å². The summed E-state index contributed by atoms with van der Waals surface area (Å²) >= 11 is 0. The Morgan fingerprint density at radius 2 is 1.90 bits per heavy atom. The third kappa shape index (κ3) is 4.60. The van der Waals surface area contributed by atoms with Gasteiger partial charge >= 0.3 is 6.09 Å². The number of halogens is 1. The highest BCUT2D eigenvalue weighted by atomic mass is 32.2. The molecule has 3 rings (SSSR count). The Bertz CT molecular complexity index is 1180. The van der Waals surface area contributed by atoms with Crippen molar-refractivity contribution in [2.45, 2.75) is 19.9 Å². The predicted molar refractivity (Wildman–Crippen MR) is 110 cm³/mol. The van der Waals surface area contributed by atoms with E-state index in [1.165, 1.54) is 30.3 Å². The number of sulfonamides is 1. The van der Waals surface area contributed by atoms with Crippen molar-refractivity contribution >= 4 is 27.5 Å². The van der Waals surface area contributed by atoms with Crippen LogP contribution in [0.3, 0.4) is 0 Å². The molecule has 0 aliphatic rings. The van der Waals surface area contributed by atoms with E-state index in [1.807, 2.05) is 0 Å². The van der Waals surface area contributed by atoms with E-state index in [4.69, 9.17) is 4.52 Å². The first kappa shape index (κ1) is 21.3. The molecule has 0 radical (unpaired) electrons. The Morgan fingerprint density at radius 1 is 1.23 bits per heavy atom. The summed E-state index contributed by atoms with van der Waals surface area (Å²) in [7, 11) is -3.43. The fraction of sp³-hybridized carbons (Fsp3) is 0.200. The van der Waals surface area contributed by atoms with Crippen LogP contribution in [0.25, 0.3) is 11.3 Å². The molecule has 158 valence electrons. The topological polar surface area (TPSA) is 113 Å². The van der Waals surface area contributed by atoms with E-state index >= 15 is 0 Å². The molecule has 30 heavy (non-hydrogen) atoms. The van der Waals surface area contributed by atoms with Gasteiger partial charge in [0.1, 0.15) is 17.2 Å². The molecule has 2 N–H and O–H groups in total. The van der Waals surface area contributed by atoms with Gasteiger partial charge in [0.05, 0.1) is 12.3 Å². The van der Waals surface area contributed by atoms with Crippen molar-refractivity contribution in [3.05, 3.63) is 65.6 Å². The Labute approximate surface area is 173 Å². The van der Waals surface area contributed by atoms with Crippen LogP contribution >= 0.6 is 0 Å². The highest BCUT2D eigenvalue weighted by molar-refractivity contribution is 7.92. The summed E-state index contributed by atoms with van der Waals surface area (Å²) in [6.45, 7) is 3.24. The smallest absolute Gasteiger partial charge is 0.412 e. The van der Waals surface area contributed by atoms with Gasteiger partial charge in [-0.2, -0.15) is 0 Å². The molecule has 0 bridgehead atoms. The molecule has 1 aromatic heterocycles. The van der Waals surface area contributed by atoms with Gasteiger partial charge < -0.3 is 9.63 Å². The van der Waals surface area contributed by atoms with Crippen molar-refractivity contribution in [3.63, 3.8) is 0 Å². The molecule has 0 aliphatic carbocycles. The number of nitrogens with zero attached hydrogens (tertiary/aromatic N) is 2. The van der Waals surface area contributed by atoms with Crippen molar-refractivity contribution < 1.29 is 27.2 Å². The molecule has 0 saturated heterocycles. The van der Waals surface area contributed by atoms with E-state index in [9.17, 15) is 22.7 Å². The average Bonchev–Trinajstić information content (AvgIpc) is 3.02. The molecule has 1 heterocycles. The Balaban J connectivity index is 2.03. The maximum absolute atomic E-state index is 13.7. The lowest BCUT2D eigenvalue weighted by atomic mass is 10.0. The first-order valence-corrected chi connectivity index (χ1v) is 10.8. The van der Waals surface area contributed by atoms with Crippen molar-refractivity contribution in [1.82, 2.24) is 5.16 Å². The number of rotatable bonds is 6. The standard InChI is InChI=1S/C20H20FN3O5S/c1-12-18(24(20(25)26)13(2)15-5-4-6-16(21)11-15)19(29-22-12)14-7-9-17(10-8-14)23-30(3,27)28/h4-11,13,23H,1-3H3,(H,25,26). The van der Waals surface area contributed by atoms with E-state index in [0.29, 0.717) is 22.5 Å². The van der Waals surface area contributed by atoms with Crippen molar-refractivity contribution in [2.75, 3.05) is 15.9 Å². The number of benzene rings is 2. The number of aromatic nitrogens is 1. The zero-order chi connectivity index (χ0) is 22.1. The summed E-state index contributed by atoms with van der Waals surface area (Å²) in [5.41, 5.74) is 1.89. The molecule has 8 nitrogen and oxygen atoms in total. The lowest BCUT2D eigenvalue weighted by molar-refractivity contribution is 0.199. The summed E-state index contributed by atoms with van der Waals surface area (Å²) < 4.78 is 44.2. The monoisotopic (exact) mass is 433 g/mol. The van der Waals surface area contributed by atoms with Crippen LogP contribution in [0.5, 0.6) is 0 Å². The molecule has 10 heteroatoms. The van der Waals surface area contributed by atoms with Crippen LogP contribution in [0.15, 0.2) is 53.1 Å². The fourth-order valence-corrected chi connectivity index (χ4v) is 3.68. The Morgan fingerprint density at radius 3 is 2.47 bits per heavy atom. The summed E-state index contributed by atoms with van der Waals surface area (Å²) in [6.07, 6.45) is -0.216. The third-order valence-corrected chi connectivity index (χ3v) is 5.05. The number of nitrogens with one attached hydrogen (secondary N) is 1. The molecule has 1 unspecified atom stereocenters. The lowest BCUT2D eigenvalue weighted by Crippen LogP contribution is -2.32. The van der Waals surface area contributed by atoms with E-state index < -0.39 is 28.0 Å². The number of hydrogen-bond acceptors (Lipinski definition) is 5. The first-order chi connectivity index (χ1) is 14.1. The molecular formula is C20H20FN3O5S.